The number of aromatic nitrogens is 1. The van der Waals surface area contributed by atoms with Crippen LogP contribution in [0, 0.1) is 5.92 Å². The van der Waals surface area contributed by atoms with Crippen molar-refractivity contribution < 1.29 is 9.53 Å². The Morgan fingerprint density at radius 2 is 2.10 bits per heavy atom. The molecule has 4 nitrogen and oxygen atoms in total. The van der Waals surface area contributed by atoms with Crippen LogP contribution in [0.3, 0.4) is 0 Å². The highest BCUT2D eigenvalue weighted by molar-refractivity contribution is 5.82. The van der Waals surface area contributed by atoms with E-state index in [2.05, 4.69) is 22.4 Å². The molecule has 0 saturated heterocycles. The standard InChI is InChI=1S/C17H18N2O2/c1-21-14-8-7-13(18-11-14)10-19-17(20)16-9-15(16)12-5-3-2-4-6-12/h2-8,11,15-16H,9-10H2,1H3,(H,19,20)/t15-,16+/m1/s1. The van der Waals surface area contributed by atoms with Gasteiger partial charge in [0.15, 0.2) is 0 Å². The third-order valence-electron chi connectivity index (χ3n) is 3.83. The molecule has 0 spiro atoms. The second-order valence-corrected chi connectivity index (χ2v) is 5.27. The topological polar surface area (TPSA) is 51.2 Å². The van der Waals surface area contributed by atoms with Crippen molar-refractivity contribution in [1.29, 1.82) is 0 Å². The summed E-state index contributed by atoms with van der Waals surface area (Å²) in [5.41, 5.74) is 2.08. The normalized spacial score (nSPS) is 19.9. The summed E-state index contributed by atoms with van der Waals surface area (Å²) in [6.07, 6.45) is 2.59. The molecule has 0 aliphatic heterocycles. The molecule has 1 aromatic heterocycles. The summed E-state index contributed by atoms with van der Waals surface area (Å²) in [6, 6.07) is 13.9. The minimum absolute atomic E-state index is 0.102. The number of hydrogen-bond acceptors (Lipinski definition) is 3. The van der Waals surface area contributed by atoms with Gasteiger partial charge in [0.05, 0.1) is 25.5 Å². The van der Waals surface area contributed by atoms with Gasteiger partial charge in [-0.15, -0.1) is 0 Å². The summed E-state index contributed by atoms with van der Waals surface area (Å²) in [5, 5.41) is 2.96. The molecular formula is C17H18N2O2. The Labute approximate surface area is 124 Å². The number of ether oxygens (including phenoxy) is 1. The summed E-state index contributed by atoms with van der Waals surface area (Å²) in [4.78, 5) is 16.4. The van der Waals surface area contributed by atoms with Crippen LogP contribution in [-0.2, 0) is 11.3 Å². The Hall–Kier alpha value is -2.36. The average molecular weight is 282 g/mol. The smallest absolute Gasteiger partial charge is 0.224 e. The van der Waals surface area contributed by atoms with Gasteiger partial charge in [-0.3, -0.25) is 9.78 Å². The maximum absolute atomic E-state index is 12.1. The molecule has 4 heteroatoms. The van der Waals surface area contributed by atoms with Gasteiger partial charge < -0.3 is 10.1 Å². The highest BCUT2D eigenvalue weighted by Crippen LogP contribution is 2.47. The van der Waals surface area contributed by atoms with Crippen molar-refractivity contribution in [2.45, 2.75) is 18.9 Å². The van der Waals surface area contributed by atoms with Crippen LogP contribution in [0.2, 0.25) is 0 Å². The van der Waals surface area contributed by atoms with Crippen molar-refractivity contribution in [3.8, 4) is 5.75 Å². The van der Waals surface area contributed by atoms with Gasteiger partial charge in [0.1, 0.15) is 5.75 Å². The van der Waals surface area contributed by atoms with Crippen LogP contribution in [0.25, 0.3) is 0 Å². The first-order chi connectivity index (χ1) is 10.3. The zero-order chi connectivity index (χ0) is 14.7. The summed E-state index contributed by atoms with van der Waals surface area (Å²) < 4.78 is 5.06. The van der Waals surface area contributed by atoms with E-state index >= 15 is 0 Å². The molecule has 1 amide bonds. The summed E-state index contributed by atoms with van der Waals surface area (Å²) in [7, 11) is 1.61. The number of amides is 1. The van der Waals surface area contributed by atoms with Gasteiger partial charge in [-0.1, -0.05) is 30.3 Å². The van der Waals surface area contributed by atoms with Crippen molar-refractivity contribution in [2.75, 3.05) is 7.11 Å². The number of benzene rings is 1. The number of hydrogen-bond donors (Lipinski definition) is 1. The van der Waals surface area contributed by atoms with Gasteiger partial charge in [-0.2, -0.15) is 0 Å². The van der Waals surface area contributed by atoms with Crippen molar-refractivity contribution in [3.05, 3.63) is 59.9 Å². The van der Waals surface area contributed by atoms with Crippen molar-refractivity contribution in [1.82, 2.24) is 10.3 Å². The minimum atomic E-state index is 0.102. The van der Waals surface area contributed by atoms with Crippen LogP contribution in [0.5, 0.6) is 5.75 Å². The predicted molar refractivity (Wildman–Crippen MR) is 79.9 cm³/mol. The number of nitrogens with one attached hydrogen (secondary N) is 1. The molecule has 3 rings (SSSR count). The lowest BCUT2D eigenvalue weighted by atomic mass is 10.1. The van der Waals surface area contributed by atoms with Crippen molar-refractivity contribution in [2.24, 2.45) is 5.92 Å². The molecule has 2 aromatic rings. The third-order valence-corrected chi connectivity index (χ3v) is 3.83. The monoisotopic (exact) mass is 282 g/mol. The van der Waals surface area contributed by atoms with Gasteiger partial charge in [0.25, 0.3) is 0 Å². The molecular weight excluding hydrogens is 264 g/mol. The van der Waals surface area contributed by atoms with E-state index in [9.17, 15) is 4.79 Å². The number of methoxy groups -OCH3 is 1. The summed E-state index contributed by atoms with van der Waals surface area (Å²) in [6.45, 7) is 0.459. The third kappa shape index (κ3) is 3.21. The molecule has 2 atom stereocenters. The van der Waals surface area contributed by atoms with E-state index in [1.54, 1.807) is 13.3 Å². The zero-order valence-electron chi connectivity index (χ0n) is 12.0. The van der Waals surface area contributed by atoms with Crippen LogP contribution in [0.15, 0.2) is 48.7 Å². The minimum Gasteiger partial charge on any atom is -0.495 e. The molecule has 1 N–H and O–H groups in total. The van der Waals surface area contributed by atoms with Gasteiger partial charge in [-0.25, -0.2) is 0 Å². The maximum atomic E-state index is 12.1. The number of rotatable bonds is 5. The van der Waals surface area contributed by atoms with E-state index in [1.165, 1.54) is 5.56 Å². The van der Waals surface area contributed by atoms with Gasteiger partial charge >= 0.3 is 0 Å². The van der Waals surface area contributed by atoms with E-state index < -0.39 is 0 Å². The Kier molecular flexibility index (Phi) is 3.86. The molecule has 1 aliphatic carbocycles. The number of carbonyl (C=O) groups excluding carboxylic acids is 1. The SMILES string of the molecule is COc1ccc(CNC(=O)[C@H]2C[C@@H]2c2ccccc2)nc1. The number of nitrogens with zero attached hydrogens (tertiary/aromatic N) is 1. The fourth-order valence-corrected chi connectivity index (χ4v) is 2.50. The second kappa shape index (κ2) is 5.95. The van der Waals surface area contributed by atoms with Crippen LogP contribution in [-0.4, -0.2) is 18.0 Å². The second-order valence-electron chi connectivity index (χ2n) is 5.27. The fraction of sp³-hybridized carbons (Fsp3) is 0.294. The number of pyridine rings is 1. The van der Waals surface area contributed by atoms with E-state index in [1.807, 2.05) is 30.3 Å². The van der Waals surface area contributed by atoms with E-state index in [-0.39, 0.29) is 11.8 Å². The maximum Gasteiger partial charge on any atom is 0.224 e. The van der Waals surface area contributed by atoms with Crippen LogP contribution in [0.4, 0.5) is 0 Å². The number of carbonyl (C=O) groups is 1. The Bertz CT molecular complexity index is 610. The first kappa shape index (κ1) is 13.6. The molecule has 1 heterocycles. The highest BCUT2D eigenvalue weighted by atomic mass is 16.5. The van der Waals surface area contributed by atoms with E-state index in [0.717, 1.165) is 17.9 Å². The Balaban J connectivity index is 1.51. The Morgan fingerprint density at radius 1 is 1.29 bits per heavy atom. The van der Waals surface area contributed by atoms with Gasteiger partial charge in [-0.05, 0) is 30.0 Å². The highest BCUT2D eigenvalue weighted by Gasteiger charge is 2.43. The quantitative estimate of drug-likeness (QED) is 0.916. The van der Waals surface area contributed by atoms with Crippen LogP contribution >= 0.6 is 0 Å². The predicted octanol–water partition coefficient (Wildman–Crippen LogP) is 2.51. The molecule has 21 heavy (non-hydrogen) atoms. The fourth-order valence-electron chi connectivity index (χ4n) is 2.50. The lowest BCUT2D eigenvalue weighted by Gasteiger charge is -2.05. The van der Waals surface area contributed by atoms with Crippen LogP contribution < -0.4 is 10.1 Å². The first-order valence-electron chi connectivity index (χ1n) is 7.09. The van der Waals surface area contributed by atoms with E-state index in [0.29, 0.717) is 12.5 Å². The zero-order valence-corrected chi connectivity index (χ0v) is 12.0. The molecule has 0 radical (unpaired) electrons. The van der Waals surface area contributed by atoms with Crippen LogP contribution in [0.1, 0.15) is 23.6 Å². The Morgan fingerprint density at radius 3 is 2.76 bits per heavy atom. The van der Waals surface area contributed by atoms with Crippen molar-refractivity contribution in [3.63, 3.8) is 0 Å². The lowest BCUT2D eigenvalue weighted by molar-refractivity contribution is -0.122. The first-order valence-corrected chi connectivity index (χ1v) is 7.09. The van der Waals surface area contributed by atoms with Gasteiger partial charge in [0, 0.05) is 5.92 Å². The molecule has 1 fully saturated rings. The lowest BCUT2D eigenvalue weighted by Crippen LogP contribution is -2.25. The molecule has 1 aromatic carbocycles. The van der Waals surface area contributed by atoms with Crippen molar-refractivity contribution >= 4 is 5.91 Å². The largest absolute Gasteiger partial charge is 0.495 e. The average Bonchev–Trinajstić information content (AvgIpc) is 3.35. The van der Waals surface area contributed by atoms with E-state index in [4.69, 9.17) is 4.74 Å². The molecule has 0 unspecified atom stereocenters. The molecule has 1 aliphatic rings. The molecule has 0 bridgehead atoms. The molecule has 1 saturated carbocycles. The summed E-state index contributed by atoms with van der Waals surface area (Å²) >= 11 is 0. The molecule has 108 valence electrons. The van der Waals surface area contributed by atoms with Gasteiger partial charge in [0.2, 0.25) is 5.91 Å². The summed E-state index contributed by atoms with van der Waals surface area (Å²) in [5.74, 6) is 1.30.